The number of nitrogens with one attached hydrogen (secondary N) is 1. The van der Waals surface area contributed by atoms with Gasteiger partial charge in [-0.3, -0.25) is 9.78 Å². The van der Waals surface area contributed by atoms with Crippen LogP contribution in [0.25, 0.3) is 0 Å². The van der Waals surface area contributed by atoms with Crippen LogP contribution >= 0.6 is 0 Å². The molecule has 0 aliphatic carbocycles. The molecule has 0 aromatic carbocycles. The number of anilines is 2. The largest absolute Gasteiger partial charge is 0.387 e. The van der Waals surface area contributed by atoms with E-state index >= 15 is 0 Å². The first-order valence-electron chi connectivity index (χ1n) is 7.18. The van der Waals surface area contributed by atoms with E-state index in [2.05, 4.69) is 20.3 Å². The van der Waals surface area contributed by atoms with E-state index in [-0.39, 0.29) is 11.9 Å². The van der Waals surface area contributed by atoms with Gasteiger partial charge in [0.15, 0.2) is 0 Å². The van der Waals surface area contributed by atoms with Crippen LogP contribution in [0.4, 0.5) is 11.6 Å². The minimum atomic E-state index is -0.464. The average Bonchev–Trinajstić information content (AvgIpc) is 3.05. The second-order valence-corrected chi connectivity index (χ2v) is 5.07. The molecule has 3 heterocycles. The normalized spacial score (nSPS) is 17.5. The van der Waals surface area contributed by atoms with E-state index in [1.54, 1.807) is 23.5 Å². The predicted molar refractivity (Wildman–Crippen MR) is 80.3 cm³/mol. The van der Waals surface area contributed by atoms with Gasteiger partial charge in [-0.15, -0.1) is 0 Å². The second-order valence-electron chi connectivity index (χ2n) is 5.07. The summed E-state index contributed by atoms with van der Waals surface area (Å²) in [5.41, 5.74) is 0.813. The number of amides is 1. The molecule has 22 heavy (non-hydrogen) atoms. The van der Waals surface area contributed by atoms with Crippen LogP contribution in [0.5, 0.6) is 0 Å². The highest BCUT2D eigenvalue weighted by Gasteiger charge is 2.30. The number of hydrogen-bond acceptors (Lipinski definition) is 6. The fourth-order valence-corrected chi connectivity index (χ4v) is 2.67. The molecule has 7 nitrogen and oxygen atoms in total. The SMILES string of the molecule is O=C(CO)N1CCCC1c1cccc(Nc2cnccn2)n1. The van der Waals surface area contributed by atoms with E-state index in [0.717, 1.165) is 18.5 Å². The molecule has 0 saturated carbocycles. The van der Waals surface area contributed by atoms with Crippen LogP contribution in [0.15, 0.2) is 36.8 Å². The molecule has 2 N–H and O–H groups in total. The highest BCUT2D eigenvalue weighted by atomic mass is 16.3. The number of likely N-dealkylation sites (tertiary alicyclic amines) is 1. The molecule has 0 spiro atoms. The molecule has 1 aliphatic rings. The van der Waals surface area contributed by atoms with Crippen LogP contribution in [0.1, 0.15) is 24.6 Å². The van der Waals surface area contributed by atoms with E-state index in [1.807, 2.05) is 18.2 Å². The minimum Gasteiger partial charge on any atom is -0.387 e. The highest BCUT2D eigenvalue weighted by molar-refractivity contribution is 5.78. The zero-order valence-corrected chi connectivity index (χ0v) is 12.0. The Bertz CT molecular complexity index is 649. The van der Waals surface area contributed by atoms with E-state index in [4.69, 9.17) is 5.11 Å². The Morgan fingerprint density at radius 2 is 2.27 bits per heavy atom. The van der Waals surface area contributed by atoms with Gasteiger partial charge in [0.25, 0.3) is 0 Å². The number of carbonyl (C=O) groups is 1. The van der Waals surface area contributed by atoms with Crippen molar-refractivity contribution in [1.29, 1.82) is 0 Å². The Morgan fingerprint density at radius 1 is 1.36 bits per heavy atom. The fourth-order valence-electron chi connectivity index (χ4n) is 2.67. The Morgan fingerprint density at radius 3 is 3.05 bits per heavy atom. The number of rotatable bonds is 4. The number of hydrogen-bond donors (Lipinski definition) is 2. The summed E-state index contributed by atoms with van der Waals surface area (Å²) in [4.78, 5) is 26.2. The molecular weight excluding hydrogens is 282 g/mol. The zero-order valence-electron chi connectivity index (χ0n) is 12.0. The smallest absolute Gasteiger partial charge is 0.248 e. The first kappa shape index (κ1) is 14.4. The maximum absolute atomic E-state index is 11.8. The maximum Gasteiger partial charge on any atom is 0.248 e. The van der Waals surface area contributed by atoms with Crippen LogP contribution < -0.4 is 5.32 Å². The molecule has 114 valence electrons. The standard InChI is InChI=1S/C15H17N5O2/c21-10-15(22)20-8-2-4-12(20)11-3-1-5-13(18-11)19-14-9-16-6-7-17-14/h1,3,5-7,9,12,21H,2,4,8,10H2,(H,17,18,19). The second kappa shape index (κ2) is 6.48. The summed E-state index contributed by atoms with van der Waals surface area (Å²) in [6.07, 6.45) is 6.59. The Kier molecular flexibility index (Phi) is 4.24. The monoisotopic (exact) mass is 299 g/mol. The maximum atomic E-state index is 11.8. The number of aliphatic hydroxyl groups is 1. The minimum absolute atomic E-state index is 0.0803. The van der Waals surface area contributed by atoms with Gasteiger partial charge < -0.3 is 15.3 Å². The summed E-state index contributed by atoms with van der Waals surface area (Å²) in [7, 11) is 0. The Hall–Kier alpha value is -2.54. The summed E-state index contributed by atoms with van der Waals surface area (Å²) >= 11 is 0. The summed E-state index contributed by atoms with van der Waals surface area (Å²) in [5, 5.41) is 12.2. The fraction of sp³-hybridized carbons (Fsp3) is 0.333. The van der Waals surface area contributed by atoms with Crippen molar-refractivity contribution in [2.45, 2.75) is 18.9 Å². The van der Waals surface area contributed by atoms with Crippen molar-refractivity contribution in [3.63, 3.8) is 0 Å². The molecule has 0 radical (unpaired) electrons. The van der Waals surface area contributed by atoms with Gasteiger partial charge in [-0.25, -0.2) is 9.97 Å². The molecule has 1 saturated heterocycles. The van der Waals surface area contributed by atoms with E-state index < -0.39 is 6.61 Å². The average molecular weight is 299 g/mol. The van der Waals surface area contributed by atoms with Crippen molar-refractivity contribution in [3.8, 4) is 0 Å². The van der Waals surface area contributed by atoms with Crippen LogP contribution in [0, 0.1) is 0 Å². The van der Waals surface area contributed by atoms with E-state index in [9.17, 15) is 4.79 Å². The van der Waals surface area contributed by atoms with E-state index in [0.29, 0.717) is 18.2 Å². The summed E-state index contributed by atoms with van der Waals surface area (Å²) in [6.45, 7) is 0.196. The van der Waals surface area contributed by atoms with Crippen LogP contribution in [0.2, 0.25) is 0 Å². The molecule has 0 bridgehead atoms. The molecular formula is C15H17N5O2. The lowest BCUT2D eigenvalue weighted by Gasteiger charge is -2.23. The lowest BCUT2D eigenvalue weighted by molar-refractivity contribution is -0.135. The summed E-state index contributed by atoms with van der Waals surface area (Å²) in [6, 6.07) is 5.55. The van der Waals surface area contributed by atoms with Crippen molar-refractivity contribution in [1.82, 2.24) is 19.9 Å². The number of aromatic nitrogens is 3. The zero-order chi connectivity index (χ0) is 15.4. The molecule has 1 aliphatic heterocycles. The lowest BCUT2D eigenvalue weighted by Crippen LogP contribution is -2.33. The van der Waals surface area contributed by atoms with Crippen LogP contribution in [0.3, 0.4) is 0 Å². The third kappa shape index (κ3) is 3.04. The van der Waals surface area contributed by atoms with Crippen molar-refractivity contribution in [2.75, 3.05) is 18.5 Å². The third-order valence-corrected chi connectivity index (χ3v) is 3.64. The first-order valence-corrected chi connectivity index (χ1v) is 7.18. The highest BCUT2D eigenvalue weighted by Crippen LogP contribution is 2.31. The van der Waals surface area contributed by atoms with E-state index in [1.165, 1.54) is 0 Å². The van der Waals surface area contributed by atoms with Crippen LogP contribution in [-0.4, -0.2) is 44.0 Å². The van der Waals surface area contributed by atoms with Gasteiger partial charge in [0, 0.05) is 18.9 Å². The van der Waals surface area contributed by atoms with Crippen molar-refractivity contribution in [2.24, 2.45) is 0 Å². The van der Waals surface area contributed by atoms with Gasteiger partial charge in [0.05, 0.1) is 17.9 Å². The lowest BCUT2D eigenvalue weighted by atomic mass is 10.1. The summed E-state index contributed by atoms with van der Waals surface area (Å²) in [5.74, 6) is 1.01. The van der Waals surface area contributed by atoms with Gasteiger partial charge in [-0.1, -0.05) is 6.07 Å². The molecule has 2 aromatic heterocycles. The summed E-state index contributed by atoms with van der Waals surface area (Å²) < 4.78 is 0. The molecule has 1 atom stereocenters. The molecule has 2 aromatic rings. The number of carbonyl (C=O) groups excluding carboxylic acids is 1. The predicted octanol–water partition coefficient (Wildman–Crippen LogP) is 1.27. The van der Waals surface area contributed by atoms with Gasteiger partial charge >= 0.3 is 0 Å². The van der Waals surface area contributed by atoms with Crippen molar-refractivity contribution >= 4 is 17.5 Å². The topological polar surface area (TPSA) is 91.2 Å². The van der Waals surface area contributed by atoms with Crippen molar-refractivity contribution in [3.05, 3.63) is 42.5 Å². The van der Waals surface area contributed by atoms with Crippen molar-refractivity contribution < 1.29 is 9.90 Å². The molecule has 1 fully saturated rings. The number of aliphatic hydroxyl groups excluding tert-OH is 1. The van der Waals surface area contributed by atoms with Gasteiger partial charge in [0.2, 0.25) is 5.91 Å². The molecule has 1 amide bonds. The Balaban J connectivity index is 1.80. The third-order valence-electron chi connectivity index (χ3n) is 3.64. The van der Waals surface area contributed by atoms with Gasteiger partial charge in [0.1, 0.15) is 18.2 Å². The molecule has 7 heteroatoms. The molecule has 3 rings (SSSR count). The van der Waals surface area contributed by atoms with Crippen LogP contribution in [-0.2, 0) is 4.79 Å². The number of pyridine rings is 1. The molecule has 1 unspecified atom stereocenters. The Labute approximate surface area is 128 Å². The van der Waals surface area contributed by atoms with Gasteiger partial charge in [-0.2, -0.15) is 0 Å². The number of nitrogens with zero attached hydrogens (tertiary/aromatic N) is 4. The van der Waals surface area contributed by atoms with Gasteiger partial charge in [-0.05, 0) is 25.0 Å². The quantitative estimate of drug-likeness (QED) is 0.883. The first-order chi connectivity index (χ1) is 10.8.